The highest BCUT2D eigenvalue weighted by Gasteiger charge is 2.21. The monoisotopic (exact) mass is 512 g/mol. The van der Waals surface area contributed by atoms with Crippen LogP contribution in [0.1, 0.15) is 0 Å². The van der Waals surface area contributed by atoms with Crippen LogP contribution >= 0.6 is 0 Å². The largest absolute Gasteiger partial charge is 0.456 e. The first-order valence-corrected chi connectivity index (χ1v) is 13.5. The van der Waals surface area contributed by atoms with E-state index in [1.807, 2.05) is 24.3 Å². The molecule has 7 aromatic rings. The Kier molecular flexibility index (Phi) is 5.17. The molecule has 2 heteroatoms. The van der Waals surface area contributed by atoms with Gasteiger partial charge in [-0.1, -0.05) is 109 Å². The smallest absolute Gasteiger partial charge is 0.135 e. The van der Waals surface area contributed by atoms with Gasteiger partial charge in [-0.15, -0.1) is 0 Å². The molecule has 0 radical (unpaired) electrons. The Labute approximate surface area is 232 Å². The van der Waals surface area contributed by atoms with Crippen LogP contribution in [0, 0.1) is 0 Å². The van der Waals surface area contributed by atoms with Crippen molar-refractivity contribution in [1.82, 2.24) is 0 Å². The van der Waals surface area contributed by atoms with E-state index in [-0.39, 0.29) is 0 Å². The van der Waals surface area contributed by atoms with Crippen LogP contribution in [0.25, 0.3) is 66.8 Å². The molecular formula is C38H24O2. The summed E-state index contributed by atoms with van der Waals surface area (Å²) in [6.45, 7) is 0. The fraction of sp³-hybridized carbons (Fsp3) is 0. The molecule has 2 heterocycles. The van der Waals surface area contributed by atoms with Crippen LogP contribution in [0.15, 0.2) is 150 Å². The number of ether oxygens (including phenoxy) is 1. The Morgan fingerprint density at radius 1 is 0.350 bits per heavy atom. The second-order valence-electron chi connectivity index (χ2n) is 10.1. The van der Waals surface area contributed by atoms with E-state index in [1.165, 1.54) is 22.1 Å². The third kappa shape index (κ3) is 3.73. The number of hydrogen-bond acceptors (Lipinski definition) is 2. The van der Waals surface area contributed by atoms with E-state index in [0.29, 0.717) is 0 Å². The van der Waals surface area contributed by atoms with Gasteiger partial charge in [0, 0.05) is 22.1 Å². The van der Waals surface area contributed by atoms with Gasteiger partial charge < -0.3 is 9.15 Å². The van der Waals surface area contributed by atoms with Crippen molar-refractivity contribution in [3.05, 3.63) is 146 Å². The van der Waals surface area contributed by atoms with E-state index in [0.717, 1.165) is 56.2 Å². The lowest BCUT2D eigenvalue weighted by atomic mass is 9.93. The molecule has 0 bridgehead atoms. The highest BCUT2D eigenvalue weighted by atomic mass is 16.5. The first kappa shape index (κ1) is 22.6. The van der Waals surface area contributed by atoms with Crippen molar-refractivity contribution in [2.24, 2.45) is 0 Å². The zero-order chi connectivity index (χ0) is 26.5. The first-order chi connectivity index (χ1) is 19.8. The van der Waals surface area contributed by atoms with Crippen LogP contribution in [-0.2, 0) is 0 Å². The molecule has 0 N–H and O–H groups in total. The van der Waals surface area contributed by atoms with Crippen molar-refractivity contribution in [3.8, 4) is 67.5 Å². The maximum atomic E-state index is 6.50. The summed E-state index contributed by atoms with van der Waals surface area (Å²) in [5.41, 5.74) is 9.09. The average Bonchev–Trinajstić information content (AvgIpc) is 3.52. The van der Waals surface area contributed by atoms with Crippen molar-refractivity contribution in [1.29, 1.82) is 0 Å². The quantitative estimate of drug-likeness (QED) is 0.234. The third-order valence-electron chi connectivity index (χ3n) is 7.74. The molecule has 0 saturated heterocycles. The van der Waals surface area contributed by atoms with Gasteiger partial charge in [0.05, 0.1) is 0 Å². The maximum Gasteiger partial charge on any atom is 0.135 e. The molecule has 0 atom stereocenters. The summed E-state index contributed by atoms with van der Waals surface area (Å²) in [6, 6.07) is 50.7. The van der Waals surface area contributed by atoms with Crippen molar-refractivity contribution in [3.63, 3.8) is 0 Å². The summed E-state index contributed by atoms with van der Waals surface area (Å²) in [5, 5.41) is 2.33. The highest BCUT2D eigenvalue weighted by molar-refractivity contribution is 6.04. The predicted octanol–water partition coefficient (Wildman–Crippen LogP) is 10.9. The molecule has 0 spiro atoms. The summed E-state index contributed by atoms with van der Waals surface area (Å²) in [7, 11) is 0. The van der Waals surface area contributed by atoms with Crippen molar-refractivity contribution in [2.75, 3.05) is 0 Å². The third-order valence-corrected chi connectivity index (χ3v) is 7.74. The number of rotatable bonds is 4. The minimum atomic E-state index is 0.832. The van der Waals surface area contributed by atoms with Crippen molar-refractivity contribution in [2.45, 2.75) is 0 Å². The van der Waals surface area contributed by atoms with Gasteiger partial charge in [0.25, 0.3) is 0 Å². The standard InChI is InChI=1S/C38H24O2/c1-2-8-25(9-3-1)26-16-18-27(19-17-26)30-12-4-5-13-31(30)35-23-22-34(39-35)29-20-21-36-33(24-29)32-14-6-10-28-11-7-15-37(40-36)38(28)32/h1-24H. The van der Waals surface area contributed by atoms with Crippen LogP contribution in [0.5, 0.6) is 11.5 Å². The molecule has 0 unspecified atom stereocenters. The molecule has 0 amide bonds. The fourth-order valence-electron chi connectivity index (χ4n) is 5.78. The fourth-order valence-corrected chi connectivity index (χ4v) is 5.78. The Morgan fingerprint density at radius 2 is 1.00 bits per heavy atom. The molecule has 0 saturated carbocycles. The second-order valence-corrected chi connectivity index (χ2v) is 10.1. The Morgan fingerprint density at radius 3 is 1.85 bits per heavy atom. The topological polar surface area (TPSA) is 22.4 Å². The lowest BCUT2D eigenvalue weighted by molar-refractivity contribution is 0.487. The summed E-state index contributed by atoms with van der Waals surface area (Å²) in [4.78, 5) is 0. The predicted molar refractivity (Wildman–Crippen MR) is 163 cm³/mol. The number of hydrogen-bond donors (Lipinski definition) is 0. The Balaban J connectivity index is 1.16. The van der Waals surface area contributed by atoms with Gasteiger partial charge in [-0.05, 0) is 69.6 Å². The minimum absolute atomic E-state index is 0.832. The van der Waals surface area contributed by atoms with Crippen LogP contribution in [0.2, 0.25) is 0 Å². The summed E-state index contributed by atoms with van der Waals surface area (Å²) in [6.07, 6.45) is 0. The molecule has 188 valence electrons. The molecule has 2 nitrogen and oxygen atoms in total. The summed E-state index contributed by atoms with van der Waals surface area (Å²) >= 11 is 0. The van der Waals surface area contributed by atoms with Gasteiger partial charge in [0.1, 0.15) is 23.0 Å². The molecular weight excluding hydrogens is 488 g/mol. The highest BCUT2D eigenvalue weighted by Crippen LogP contribution is 2.47. The van der Waals surface area contributed by atoms with Gasteiger partial charge in [-0.3, -0.25) is 0 Å². The SMILES string of the molecule is c1ccc(-c2ccc(-c3ccccc3-c3ccc(-c4ccc5c(c4)-c4cccc6cccc(c46)O5)o3)cc2)cc1. The molecule has 1 aliphatic heterocycles. The molecule has 40 heavy (non-hydrogen) atoms. The Bertz CT molecular complexity index is 2010. The number of fused-ring (bicyclic) bond motifs is 2. The zero-order valence-electron chi connectivity index (χ0n) is 21.7. The summed E-state index contributed by atoms with van der Waals surface area (Å²) in [5.74, 6) is 3.45. The maximum absolute atomic E-state index is 6.50. The first-order valence-electron chi connectivity index (χ1n) is 13.5. The van der Waals surface area contributed by atoms with E-state index < -0.39 is 0 Å². The lowest BCUT2D eigenvalue weighted by Gasteiger charge is -2.21. The number of furan rings is 1. The minimum Gasteiger partial charge on any atom is -0.456 e. The zero-order valence-corrected chi connectivity index (χ0v) is 21.7. The van der Waals surface area contributed by atoms with Gasteiger partial charge in [0.2, 0.25) is 0 Å². The van der Waals surface area contributed by atoms with Crippen LogP contribution in [0.4, 0.5) is 0 Å². The molecule has 0 aliphatic carbocycles. The van der Waals surface area contributed by atoms with E-state index in [1.54, 1.807) is 0 Å². The van der Waals surface area contributed by atoms with Crippen molar-refractivity contribution >= 4 is 10.8 Å². The lowest BCUT2D eigenvalue weighted by Crippen LogP contribution is -1.97. The van der Waals surface area contributed by atoms with Crippen LogP contribution in [0.3, 0.4) is 0 Å². The van der Waals surface area contributed by atoms with E-state index in [2.05, 4.69) is 121 Å². The molecule has 1 aromatic heterocycles. The van der Waals surface area contributed by atoms with Crippen LogP contribution < -0.4 is 4.74 Å². The number of benzene rings is 6. The van der Waals surface area contributed by atoms with Crippen molar-refractivity contribution < 1.29 is 9.15 Å². The van der Waals surface area contributed by atoms with E-state index >= 15 is 0 Å². The van der Waals surface area contributed by atoms with Gasteiger partial charge in [-0.2, -0.15) is 0 Å². The van der Waals surface area contributed by atoms with E-state index in [4.69, 9.17) is 9.15 Å². The Hall–Kier alpha value is -5.34. The van der Waals surface area contributed by atoms with E-state index in [9.17, 15) is 0 Å². The van der Waals surface area contributed by atoms with Gasteiger partial charge in [0.15, 0.2) is 0 Å². The summed E-state index contributed by atoms with van der Waals surface area (Å²) < 4.78 is 12.8. The van der Waals surface area contributed by atoms with Gasteiger partial charge >= 0.3 is 0 Å². The average molecular weight is 513 g/mol. The van der Waals surface area contributed by atoms with Gasteiger partial charge in [-0.25, -0.2) is 0 Å². The second kappa shape index (κ2) is 9.14. The normalized spacial score (nSPS) is 11.7. The molecule has 6 aromatic carbocycles. The van der Waals surface area contributed by atoms with Crippen LogP contribution in [-0.4, -0.2) is 0 Å². The molecule has 0 fully saturated rings. The molecule has 1 aliphatic rings. The molecule has 8 rings (SSSR count).